The van der Waals surface area contributed by atoms with Gasteiger partial charge in [-0.1, -0.05) is 31.9 Å². The highest BCUT2D eigenvalue weighted by atomic mass is 35.5. The van der Waals surface area contributed by atoms with Crippen molar-refractivity contribution in [1.82, 2.24) is 9.97 Å². The maximum Gasteiger partial charge on any atom is 0.137 e. The first-order valence-electron chi connectivity index (χ1n) is 6.87. The quantitative estimate of drug-likeness (QED) is 0.792. The van der Waals surface area contributed by atoms with Gasteiger partial charge in [-0.25, -0.2) is 9.97 Å². The van der Waals surface area contributed by atoms with Crippen molar-refractivity contribution in [2.75, 3.05) is 11.9 Å². The van der Waals surface area contributed by atoms with Gasteiger partial charge in [-0.05, 0) is 31.6 Å². The molecule has 0 aliphatic heterocycles. The molecule has 4 heteroatoms. The SMILES string of the molecule is CCCC1(CNc2nc(CC)nc(Cl)c2C)CC1. The van der Waals surface area contributed by atoms with Crippen LogP contribution < -0.4 is 5.32 Å². The number of rotatable bonds is 6. The van der Waals surface area contributed by atoms with E-state index in [-0.39, 0.29) is 0 Å². The van der Waals surface area contributed by atoms with Gasteiger partial charge in [0.15, 0.2) is 0 Å². The summed E-state index contributed by atoms with van der Waals surface area (Å²) in [6, 6.07) is 0. The number of nitrogens with one attached hydrogen (secondary N) is 1. The molecule has 2 rings (SSSR count). The van der Waals surface area contributed by atoms with E-state index in [1.54, 1.807) is 0 Å². The Morgan fingerprint density at radius 2 is 2.00 bits per heavy atom. The average Bonchev–Trinajstić information content (AvgIpc) is 3.11. The molecular formula is C14H22ClN3. The fraction of sp³-hybridized carbons (Fsp3) is 0.714. The number of anilines is 1. The van der Waals surface area contributed by atoms with Crippen LogP contribution >= 0.6 is 11.6 Å². The summed E-state index contributed by atoms with van der Waals surface area (Å²) in [6.07, 6.45) is 6.05. The van der Waals surface area contributed by atoms with Gasteiger partial charge in [0.05, 0.1) is 0 Å². The van der Waals surface area contributed by atoms with Gasteiger partial charge in [-0.3, -0.25) is 0 Å². The number of hydrogen-bond donors (Lipinski definition) is 1. The molecule has 1 saturated carbocycles. The van der Waals surface area contributed by atoms with Crippen molar-refractivity contribution in [2.45, 2.75) is 52.9 Å². The summed E-state index contributed by atoms with van der Waals surface area (Å²) in [4.78, 5) is 8.80. The van der Waals surface area contributed by atoms with Crippen LogP contribution in [0.1, 0.15) is 50.9 Å². The summed E-state index contributed by atoms with van der Waals surface area (Å²) in [6.45, 7) is 7.29. The van der Waals surface area contributed by atoms with Gasteiger partial charge in [-0.15, -0.1) is 0 Å². The van der Waals surface area contributed by atoms with Crippen LogP contribution in [-0.2, 0) is 6.42 Å². The molecule has 3 nitrogen and oxygen atoms in total. The zero-order valence-corrected chi connectivity index (χ0v) is 12.3. The number of aromatic nitrogens is 2. The Morgan fingerprint density at radius 3 is 2.56 bits per heavy atom. The molecule has 1 aliphatic rings. The van der Waals surface area contributed by atoms with Crippen LogP contribution in [0.5, 0.6) is 0 Å². The van der Waals surface area contributed by atoms with E-state index in [1.165, 1.54) is 25.7 Å². The van der Waals surface area contributed by atoms with Gasteiger partial charge in [0.1, 0.15) is 16.8 Å². The topological polar surface area (TPSA) is 37.8 Å². The molecule has 0 spiro atoms. The number of hydrogen-bond acceptors (Lipinski definition) is 3. The third-order valence-corrected chi connectivity index (χ3v) is 4.19. The molecule has 1 fully saturated rings. The zero-order chi connectivity index (χ0) is 13.2. The van der Waals surface area contributed by atoms with Crippen molar-refractivity contribution >= 4 is 17.4 Å². The van der Waals surface area contributed by atoms with Gasteiger partial charge >= 0.3 is 0 Å². The molecule has 1 aliphatic carbocycles. The maximum atomic E-state index is 6.13. The zero-order valence-electron chi connectivity index (χ0n) is 11.5. The largest absolute Gasteiger partial charge is 0.369 e. The lowest BCUT2D eigenvalue weighted by atomic mass is 10.0. The minimum absolute atomic E-state index is 0.519. The van der Waals surface area contributed by atoms with E-state index >= 15 is 0 Å². The van der Waals surface area contributed by atoms with E-state index < -0.39 is 0 Å². The van der Waals surface area contributed by atoms with Gasteiger partial charge in [0.2, 0.25) is 0 Å². The smallest absolute Gasteiger partial charge is 0.137 e. The number of aryl methyl sites for hydroxylation is 1. The predicted octanol–water partition coefficient (Wildman–Crippen LogP) is 3.99. The minimum Gasteiger partial charge on any atom is -0.369 e. The van der Waals surface area contributed by atoms with E-state index in [0.29, 0.717) is 10.6 Å². The van der Waals surface area contributed by atoms with E-state index in [4.69, 9.17) is 11.6 Å². The molecule has 1 N–H and O–H groups in total. The molecule has 0 unspecified atom stereocenters. The average molecular weight is 268 g/mol. The standard InChI is InChI=1S/C14H22ClN3/c1-4-6-14(7-8-14)9-16-13-10(3)12(15)17-11(5-2)18-13/h4-9H2,1-3H3,(H,16,17,18). The number of nitrogens with zero attached hydrogens (tertiary/aromatic N) is 2. The Morgan fingerprint density at radius 1 is 1.28 bits per heavy atom. The second-order valence-electron chi connectivity index (χ2n) is 5.36. The Hall–Kier alpha value is -0.830. The van der Waals surface area contributed by atoms with Gasteiger partial charge in [-0.2, -0.15) is 0 Å². The van der Waals surface area contributed by atoms with Crippen LogP contribution in [0, 0.1) is 12.3 Å². The van der Waals surface area contributed by atoms with Crippen LogP contribution in [0.3, 0.4) is 0 Å². The molecule has 0 amide bonds. The third-order valence-electron chi connectivity index (χ3n) is 3.82. The van der Waals surface area contributed by atoms with Crippen LogP contribution in [-0.4, -0.2) is 16.5 Å². The second-order valence-corrected chi connectivity index (χ2v) is 5.72. The van der Waals surface area contributed by atoms with Crippen molar-refractivity contribution in [3.05, 3.63) is 16.5 Å². The molecule has 1 heterocycles. The fourth-order valence-corrected chi connectivity index (χ4v) is 2.54. The van der Waals surface area contributed by atoms with Crippen molar-refractivity contribution in [2.24, 2.45) is 5.41 Å². The van der Waals surface area contributed by atoms with Crippen molar-refractivity contribution in [3.8, 4) is 0 Å². The normalized spacial score (nSPS) is 16.7. The van der Waals surface area contributed by atoms with Gasteiger partial charge < -0.3 is 5.32 Å². The van der Waals surface area contributed by atoms with Gasteiger partial charge in [0, 0.05) is 18.5 Å². The highest BCUT2D eigenvalue weighted by Crippen LogP contribution is 2.49. The molecule has 0 bridgehead atoms. The number of halogens is 1. The summed E-state index contributed by atoms with van der Waals surface area (Å²) < 4.78 is 0. The molecule has 0 radical (unpaired) electrons. The van der Waals surface area contributed by atoms with Crippen LogP contribution in [0.4, 0.5) is 5.82 Å². The first kappa shape index (κ1) is 13.6. The van der Waals surface area contributed by atoms with E-state index in [9.17, 15) is 0 Å². The molecule has 18 heavy (non-hydrogen) atoms. The molecule has 0 aromatic carbocycles. The lowest BCUT2D eigenvalue weighted by molar-refractivity contribution is 0.485. The summed E-state index contributed by atoms with van der Waals surface area (Å²) >= 11 is 6.13. The summed E-state index contributed by atoms with van der Waals surface area (Å²) in [7, 11) is 0. The van der Waals surface area contributed by atoms with Crippen LogP contribution in [0.2, 0.25) is 5.15 Å². The Kier molecular flexibility index (Phi) is 4.10. The third kappa shape index (κ3) is 2.94. The lowest BCUT2D eigenvalue weighted by Crippen LogP contribution is -2.17. The van der Waals surface area contributed by atoms with Gasteiger partial charge in [0.25, 0.3) is 0 Å². The monoisotopic (exact) mass is 267 g/mol. The van der Waals surface area contributed by atoms with E-state index in [1.807, 2.05) is 13.8 Å². The van der Waals surface area contributed by atoms with E-state index in [0.717, 1.165) is 30.2 Å². The first-order valence-corrected chi connectivity index (χ1v) is 7.25. The summed E-state index contributed by atoms with van der Waals surface area (Å²) in [5, 5.41) is 4.05. The first-order chi connectivity index (χ1) is 8.60. The second kappa shape index (κ2) is 5.43. The van der Waals surface area contributed by atoms with Crippen LogP contribution in [0.15, 0.2) is 0 Å². The lowest BCUT2D eigenvalue weighted by Gasteiger charge is -2.17. The van der Waals surface area contributed by atoms with Crippen molar-refractivity contribution in [1.29, 1.82) is 0 Å². The minimum atomic E-state index is 0.519. The maximum absolute atomic E-state index is 6.13. The highest BCUT2D eigenvalue weighted by molar-refractivity contribution is 6.30. The highest BCUT2D eigenvalue weighted by Gasteiger charge is 2.41. The predicted molar refractivity (Wildman–Crippen MR) is 76.2 cm³/mol. The molecule has 1 aromatic rings. The Bertz CT molecular complexity index is 427. The van der Waals surface area contributed by atoms with Crippen LogP contribution in [0.25, 0.3) is 0 Å². The summed E-state index contributed by atoms with van der Waals surface area (Å²) in [5.74, 6) is 1.72. The molecule has 1 aromatic heterocycles. The Labute approximate surface area is 114 Å². The fourth-order valence-electron chi connectivity index (χ4n) is 2.36. The Balaban J connectivity index is 2.07. The molecule has 0 atom stereocenters. The summed E-state index contributed by atoms with van der Waals surface area (Å²) in [5.41, 5.74) is 1.48. The molecule has 0 saturated heterocycles. The van der Waals surface area contributed by atoms with Crippen molar-refractivity contribution in [3.63, 3.8) is 0 Å². The molecule has 100 valence electrons. The van der Waals surface area contributed by atoms with E-state index in [2.05, 4.69) is 22.2 Å². The van der Waals surface area contributed by atoms with Crippen molar-refractivity contribution < 1.29 is 0 Å². The molecular weight excluding hydrogens is 246 g/mol.